The second-order valence-corrected chi connectivity index (χ2v) is 5.59. The monoisotopic (exact) mass is 294 g/mol. The van der Waals surface area contributed by atoms with Crippen molar-refractivity contribution in [1.29, 1.82) is 0 Å². The van der Waals surface area contributed by atoms with E-state index < -0.39 is 5.60 Å². The van der Waals surface area contributed by atoms with Crippen LogP contribution >= 0.6 is 0 Å². The van der Waals surface area contributed by atoms with Crippen molar-refractivity contribution in [2.45, 2.75) is 31.3 Å². The summed E-state index contributed by atoms with van der Waals surface area (Å²) in [5.74, 6) is -0.398. The van der Waals surface area contributed by atoms with Crippen LogP contribution in [0.25, 0.3) is 0 Å². The van der Waals surface area contributed by atoms with Crippen molar-refractivity contribution in [3.63, 3.8) is 0 Å². The minimum atomic E-state index is -0.481. The first kappa shape index (κ1) is 15.5. The predicted octanol–water partition coefficient (Wildman–Crippen LogP) is 0.307. The van der Waals surface area contributed by atoms with E-state index >= 15 is 0 Å². The van der Waals surface area contributed by atoms with Gasteiger partial charge in [-0.15, -0.1) is 0 Å². The molecule has 1 fully saturated rings. The van der Waals surface area contributed by atoms with Gasteiger partial charge in [0.1, 0.15) is 0 Å². The van der Waals surface area contributed by atoms with Crippen LogP contribution in [0.15, 0.2) is 12.4 Å². The summed E-state index contributed by atoms with van der Waals surface area (Å²) in [6, 6.07) is 0. The zero-order chi connectivity index (χ0) is 15.5. The van der Waals surface area contributed by atoms with Crippen LogP contribution in [0.3, 0.4) is 0 Å². The lowest BCUT2D eigenvalue weighted by molar-refractivity contribution is -0.120. The number of amides is 2. The molecule has 1 aromatic heterocycles. The molecule has 0 radical (unpaired) electrons. The molecule has 1 aromatic rings. The van der Waals surface area contributed by atoms with E-state index in [1.165, 1.54) is 0 Å². The first-order chi connectivity index (χ1) is 9.96. The number of nitrogens with zero attached hydrogens (tertiary/aromatic N) is 3. The van der Waals surface area contributed by atoms with Gasteiger partial charge in [-0.1, -0.05) is 0 Å². The molecule has 2 heterocycles. The van der Waals surface area contributed by atoms with Gasteiger partial charge in [-0.25, -0.2) is 0 Å². The number of aryl methyl sites for hydroxylation is 1. The molecule has 7 heteroatoms. The second-order valence-electron chi connectivity index (χ2n) is 5.59. The molecule has 1 atom stereocenters. The van der Waals surface area contributed by atoms with Gasteiger partial charge in [-0.2, -0.15) is 5.10 Å². The lowest BCUT2D eigenvalue weighted by Crippen LogP contribution is -2.51. The molecule has 0 bridgehead atoms. The fourth-order valence-electron chi connectivity index (χ4n) is 2.81. The summed E-state index contributed by atoms with van der Waals surface area (Å²) in [7, 11) is 3.40. The van der Waals surface area contributed by atoms with Crippen molar-refractivity contribution in [2.75, 3.05) is 20.2 Å². The van der Waals surface area contributed by atoms with Crippen LogP contribution in [0.1, 0.15) is 36.0 Å². The van der Waals surface area contributed by atoms with Crippen LogP contribution in [-0.2, 0) is 16.6 Å². The van der Waals surface area contributed by atoms with Gasteiger partial charge in [0.2, 0.25) is 5.91 Å². The van der Waals surface area contributed by atoms with E-state index in [2.05, 4.69) is 5.10 Å². The third kappa shape index (κ3) is 3.60. The third-order valence-corrected chi connectivity index (χ3v) is 4.04. The molecule has 116 valence electrons. The number of methoxy groups -OCH3 is 1. The Hall–Kier alpha value is -1.89. The van der Waals surface area contributed by atoms with E-state index in [4.69, 9.17) is 10.5 Å². The Balaban J connectivity index is 2.08. The molecular formula is C14H22N4O3. The second kappa shape index (κ2) is 6.26. The number of piperidine rings is 1. The lowest BCUT2D eigenvalue weighted by Gasteiger charge is -2.41. The minimum absolute atomic E-state index is 0.0525. The zero-order valence-corrected chi connectivity index (χ0v) is 12.5. The first-order valence-electron chi connectivity index (χ1n) is 7.07. The van der Waals surface area contributed by atoms with Crippen LogP contribution < -0.4 is 5.73 Å². The molecule has 2 amide bonds. The Bertz CT molecular complexity index is 528. The van der Waals surface area contributed by atoms with Crippen LogP contribution in [0.4, 0.5) is 0 Å². The van der Waals surface area contributed by atoms with Crippen LogP contribution in [0.5, 0.6) is 0 Å². The number of primary amides is 1. The smallest absolute Gasteiger partial charge is 0.257 e. The molecular weight excluding hydrogens is 272 g/mol. The van der Waals surface area contributed by atoms with Crippen molar-refractivity contribution >= 4 is 11.8 Å². The molecule has 0 saturated carbocycles. The molecule has 0 spiro atoms. The van der Waals surface area contributed by atoms with Crippen molar-refractivity contribution in [1.82, 2.24) is 14.7 Å². The molecule has 0 unspecified atom stereocenters. The average molecular weight is 294 g/mol. The SMILES string of the molecule is CO[C@]1(CCC(N)=O)CCCN(C(=O)c2cnn(C)c2)C1. The fourth-order valence-corrected chi connectivity index (χ4v) is 2.81. The molecule has 1 saturated heterocycles. The van der Waals surface area contributed by atoms with Gasteiger partial charge < -0.3 is 15.4 Å². The van der Waals surface area contributed by atoms with E-state index in [9.17, 15) is 9.59 Å². The average Bonchev–Trinajstić information content (AvgIpc) is 2.91. The highest BCUT2D eigenvalue weighted by atomic mass is 16.5. The first-order valence-corrected chi connectivity index (χ1v) is 7.07. The van der Waals surface area contributed by atoms with Crippen LogP contribution in [0, 0.1) is 0 Å². The number of carbonyl (C=O) groups excluding carboxylic acids is 2. The highest BCUT2D eigenvalue weighted by Gasteiger charge is 2.37. The van der Waals surface area contributed by atoms with Crippen molar-refractivity contribution in [3.05, 3.63) is 18.0 Å². The van der Waals surface area contributed by atoms with E-state index in [0.717, 1.165) is 12.8 Å². The summed E-state index contributed by atoms with van der Waals surface area (Å²) in [5, 5.41) is 4.03. The third-order valence-electron chi connectivity index (χ3n) is 4.04. The van der Waals surface area contributed by atoms with Gasteiger partial charge >= 0.3 is 0 Å². The standard InChI is InChI=1S/C14H22N4O3/c1-17-9-11(8-16-17)13(20)18-7-3-5-14(10-18,21-2)6-4-12(15)19/h8-9H,3-7,10H2,1-2H3,(H2,15,19)/t14-/m0/s1. The summed E-state index contributed by atoms with van der Waals surface area (Å²) in [5.41, 5.74) is 5.31. The fraction of sp³-hybridized carbons (Fsp3) is 0.643. The minimum Gasteiger partial charge on any atom is -0.376 e. The number of nitrogens with two attached hydrogens (primary N) is 1. The highest BCUT2D eigenvalue weighted by molar-refractivity contribution is 5.93. The van der Waals surface area contributed by atoms with Gasteiger partial charge in [0, 0.05) is 39.9 Å². The number of aromatic nitrogens is 2. The number of hydrogen-bond donors (Lipinski definition) is 1. The molecule has 21 heavy (non-hydrogen) atoms. The number of likely N-dealkylation sites (tertiary alicyclic amines) is 1. The van der Waals surface area contributed by atoms with Gasteiger partial charge in [-0.05, 0) is 19.3 Å². The normalized spacial score (nSPS) is 22.3. The van der Waals surface area contributed by atoms with Crippen molar-refractivity contribution in [3.8, 4) is 0 Å². The van der Waals surface area contributed by atoms with Gasteiger partial charge in [0.05, 0.1) is 17.4 Å². The van der Waals surface area contributed by atoms with Gasteiger partial charge in [-0.3, -0.25) is 14.3 Å². The molecule has 2 rings (SSSR count). The van der Waals surface area contributed by atoms with E-state index in [1.54, 1.807) is 36.1 Å². The van der Waals surface area contributed by atoms with Crippen molar-refractivity contribution in [2.24, 2.45) is 12.8 Å². The summed E-state index contributed by atoms with van der Waals surface area (Å²) in [6.07, 6.45) is 5.74. The summed E-state index contributed by atoms with van der Waals surface area (Å²) in [4.78, 5) is 25.3. The molecule has 7 nitrogen and oxygen atoms in total. The number of carbonyl (C=O) groups is 2. The van der Waals surface area contributed by atoms with Gasteiger partial charge in [0.25, 0.3) is 5.91 Å². The lowest BCUT2D eigenvalue weighted by atomic mass is 9.87. The Morgan fingerprint density at radius 2 is 2.29 bits per heavy atom. The quantitative estimate of drug-likeness (QED) is 0.846. The Morgan fingerprint density at radius 1 is 1.52 bits per heavy atom. The predicted molar refractivity (Wildman–Crippen MR) is 76.5 cm³/mol. The number of ether oxygens (including phenoxy) is 1. The maximum absolute atomic E-state index is 12.5. The maximum atomic E-state index is 12.5. The highest BCUT2D eigenvalue weighted by Crippen LogP contribution is 2.29. The van der Waals surface area contributed by atoms with Crippen LogP contribution in [0.2, 0.25) is 0 Å². The molecule has 1 aliphatic rings. The van der Waals surface area contributed by atoms with E-state index in [0.29, 0.717) is 25.1 Å². The molecule has 0 aromatic carbocycles. The van der Waals surface area contributed by atoms with Crippen LogP contribution in [-0.4, -0.2) is 52.3 Å². The summed E-state index contributed by atoms with van der Waals surface area (Å²) in [6.45, 7) is 1.17. The summed E-state index contributed by atoms with van der Waals surface area (Å²) >= 11 is 0. The number of hydrogen-bond acceptors (Lipinski definition) is 4. The Morgan fingerprint density at radius 3 is 2.86 bits per heavy atom. The largest absolute Gasteiger partial charge is 0.376 e. The van der Waals surface area contributed by atoms with E-state index in [-0.39, 0.29) is 18.2 Å². The molecule has 0 aliphatic carbocycles. The summed E-state index contributed by atoms with van der Waals surface area (Å²) < 4.78 is 7.23. The maximum Gasteiger partial charge on any atom is 0.257 e. The van der Waals surface area contributed by atoms with Gasteiger partial charge in [0.15, 0.2) is 0 Å². The zero-order valence-electron chi connectivity index (χ0n) is 12.5. The topological polar surface area (TPSA) is 90.4 Å². The Kier molecular flexibility index (Phi) is 4.62. The van der Waals surface area contributed by atoms with E-state index in [1.807, 2.05) is 0 Å². The Labute approximate surface area is 124 Å². The van der Waals surface area contributed by atoms with Crippen molar-refractivity contribution < 1.29 is 14.3 Å². The molecule has 1 aliphatic heterocycles. The number of rotatable bonds is 5. The molecule has 2 N–H and O–H groups in total.